The van der Waals surface area contributed by atoms with Crippen LogP contribution >= 0.6 is 0 Å². The number of allylic oxidation sites excluding steroid dienone is 14. The molecule has 0 rings (SSSR count). The van der Waals surface area contributed by atoms with Crippen LogP contribution in [-0.4, -0.2) is 37.2 Å². The van der Waals surface area contributed by atoms with Crippen molar-refractivity contribution in [3.8, 4) is 0 Å². The summed E-state index contributed by atoms with van der Waals surface area (Å²) in [5.74, 6) is -0.884. The fourth-order valence-electron chi connectivity index (χ4n) is 9.09. The van der Waals surface area contributed by atoms with E-state index in [1.165, 1.54) is 167 Å². The average Bonchev–Trinajstić information content (AvgIpc) is 3.41. The SMILES string of the molecule is CC/C=C\C/C=C\C/C=C\C/C=C\CCCCCCCCCCCCC(=O)OCC(COC(=O)CCCCCCCCCCCCCCC)OC(=O)CCCCCCCC/C=C\C/C=C\C/C=C\CCCCCCC. The van der Waals surface area contributed by atoms with Crippen molar-refractivity contribution in [3.63, 3.8) is 0 Å². The zero-order valence-electron chi connectivity index (χ0n) is 49.6. The zero-order chi connectivity index (χ0) is 54.3. The molecule has 0 aromatic carbocycles. The highest BCUT2D eigenvalue weighted by Gasteiger charge is 2.19. The van der Waals surface area contributed by atoms with Gasteiger partial charge in [-0.1, -0.05) is 286 Å². The summed E-state index contributed by atoms with van der Waals surface area (Å²) in [6.07, 6.45) is 82.9. The van der Waals surface area contributed by atoms with Gasteiger partial charge in [0, 0.05) is 19.3 Å². The summed E-state index contributed by atoms with van der Waals surface area (Å²) in [4.78, 5) is 38.3. The van der Waals surface area contributed by atoms with Crippen molar-refractivity contribution in [2.45, 2.75) is 322 Å². The van der Waals surface area contributed by atoms with Gasteiger partial charge in [0.15, 0.2) is 6.10 Å². The molecule has 6 nitrogen and oxygen atoms in total. The summed E-state index contributed by atoms with van der Waals surface area (Å²) < 4.78 is 16.9. The molecule has 0 aliphatic rings. The van der Waals surface area contributed by atoms with Crippen LogP contribution in [0.2, 0.25) is 0 Å². The molecule has 0 N–H and O–H groups in total. The summed E-state index contributed by atoms with van der Waals surface area (Å²) in [5.41, 5.74) is 0. The molecule has 0 fully saturated rings. The number of unbranched alkanes of at least 4 members (excludes halogenated alkanes) is 33. The Morgan fingerprint density at radius 1 is 0.280 bits per heavy atom. The molecular weight excluding hydrogens is 925 g/mol. The van der Waals surface area contributed by atoms with E-state index in [4.69, 9.17) is 14.2 Å². The molecule has 0 saturated heterocycles. The van der Waals surface area contributed by atoms with Crippen molar-refractivity contribution in [2.24, 2.45) is 0 Å². The maximum absolute atomic E-state index is 12.9. The van der Waals surface area contributed by atoms with E-state index in [-0.39, 0.29) is 31.1 Å². The number of rotatable bonds is 58. The van der Waals surface area contributed by atoms with Gasteiger partial charge < -0.3 is 14.2 Å². The van der Waals surface area contributed by atoms with Gasteiger partial charge in [-0.05, 0) is 96.3 Å². The highest BCUT2D eigenvalue weighted by Crippen LogP contribution is 2.16. The van der Waals surface area contributed by atoms with Gasteiger partial charge in [-0.15, -0.1) is 0 Å². The van der Waals surface area contributed by atoms with Crippen molar-refractivity contribution in [1.82, 2.24) is 0 Å². The Morgan fingerprint density at radius 3 is 0.813 bits per heavy atom. The van der Waals surface area contributed by atoms with E-state index in [9.17, 15) is 14.4 Å². The van der Waals surface area contributed by atoms with E-state index >= 15 is 0 Å². The van der Waals surface area contributed by atoms with Crippen LogP contribution in [0.15, 0.2) is 85.1 Å². The van der Waals surface area contributed by atoms with Gasteiger partial charge in [0.1, 0.15) is 13.2 Å². The van der Waals surface area contributed by atoms with E-state index in [1.807, 2.05) is 0 Å². The van der Waals surface area contributed by atoms with E-state index < -0.39 is 6.10 Å². The quantitative estimate of drug-likeness (QED) is 0.0261. The lowest BCUT2D eigenvalue weighted by Crippen LogP contribution is -2.30. The van der Waals surface area contributed by atoms with Crippen LogP contribution in [0.25, 0.3) is 0 Å². The molecule has 0 saturated carbocycles. The van der Waals surface area contributed by atoms with E-state index in [2.05, 4.69) is 106 Å². The molecule has 0 spiro atoms. The van der Waals surface area contributed by atoms with Gasteiger partial charge in [0.05, 0.1) is 0 Å². The minimum absolute atomic E-state index is 0.0804. The van der Waals surface area contributed by atoms with Crippen LogP contribution < -0.4 is 0 Å². The summed E-state index contributed by atoms with van der Waals surface area (Å²) >= 11 is 0. The lowest BCUT2D eigenvalue weighted by atomic mass is 10.0. The Hall–Kier alpha value is -3.41. The molecule has 0 bridgehead atoms. The molecule has 1 atom stereocenters. The second-order valence-corrected chi connectivity index (χ2v) is 21.3. The Balaban J connectivity index is 4.36. The molecular formula is C69H120O6. The molecule has 432 valence electrons. The maximum atomic E-state index is 12.9. The molecule has 0 aliphatic heterocycles. The first-order valence-corrected chi connectivity index (χ1v) is 32.1. The van der Waals surface area contributed by atoms with E-state index in [0.717, 1.165) is 109 Å². The number of ether oxygens (including phenoxy) is 3. The fourth-order valence-corrected chi connectivity index (χ4v) is 9.09. The number of hydrogen-bond acceptors (Lipinski definition) is 6. The van der Waals surface area contributed by atoms with Crippen LogP contribution in [0.4, 0.5) is 0 Å². The van der Waals surface area contributed by atoms with Gasteiger partial charge >= 0.3 is 17.9 Å². The Morgan fingerprint density at radius 2 is 0.520 bits per heavy atom. The Bertz CT molecular complexity index is 1430. The topological polar surface area (TPSA) is 78.9 Å². The minimum atomic E-state index is -0.785. The van der Waals surface area contributed by atoms with Crippen LogP contribution in [0, 0.1) is 0 Å². The Labute approximate surface area is 465 Å². The van der Waals surface area contributed by atoms with Crippen molar-refractivity contribution in [3.05, 3.63) is 85.1 Å². The molecule has 0 aliphatic carbocycles. The lowest BCUT2D eigenvalue weighted by molar-refractivity contribution is -0.167. The molecule has 0 radical (unpaired) electrons. The number of carbonyl (C=O) groups excluding carboxylic acids is 3. The Kier molecular flexibility index (Phi) is 60.3. The van der Waals surface area contributed by atoms with Crippen LogP contribution in [0.5, 0.6) is 0 Å². The highest BCUT2D eigenvalue weighted by atomic mass is 16.6. The number of carbonyl (C=O) groups is 3. The third-order valence-corrected chi connectivity index (χ3v) is 13.9. The summed E-state index contributed by atoms with van der Waals surface area (Å²) in [5, 5.41) is 0. The third kappa shape index (κ3) is 61.3. The number of hydrogen-bond donors (Lipinski definition) is 0. The number of esters is 3. The van der Waals surface area contributed by atoms with E-state index in [0.29, 0.717) is 19.3 Å². The molecule has 75 heavy (non-hydrogen) atoms. The van der Waals surface area contributed by atoms with Gasteiger partial charge in [0.2, 0.25) is 0 Å². The smallest absolute Gasteiger partial charge is 0.306 e. The summed E-state index contributed by atoms with van der Waals surface area (Å²) in [6.45, 7) is 6.53. The predicted octanol–water partition coefficient (Wildman–Crippen LogP) is 21.9. The fraction of sp³-hybridized carbons (Fsp3) is 0.754. The van der Waals surface area contributed by atoms with Gasteiger partial charge in [-0.3, -0.25) is 14.4 Å². The van der Waals surface area contributed by atoms with Gasteiger partial charge in [-0.25, -0.2) is 0 Å². The van der Waals surface area contributed by atoms with Gasteiger partial charge in [-0.2, -0.15) is 0 Å². The standard InChI is InChI=1S/C69H120O6/c1-4-7-10-13-16-19-22-25-27-29-31-33-34-36-37-39-41-44-47-50-53-56-59-62-68(71)74-65-66(64-73-67(70)61-58-55-52-49-46-43-24-21-18-15-12-9-6-3)75-69(72)63-60-57-54-51-48-45-42-40-38-35-32-30-28-26-23-20-17-14-11-8-5-2/h7,10,16,19,23,25-27,30-33,38,40,66H,4-6,8-9,11-15,17-18,20-22,24,28-29,34-37,39,41-65H2,1-3H3/b10-7-,19-16-,26-23-,27-25-,32-30-,33-31-,40-38-. The lowest BCUT2D eigenvalue weighted by Gasteiger charge is -2.18. The van der Waals surface area contributed by atoms with Crippen LogP contribution in [0.3, 0.4) is 0 Å². The van der Waals surface area contributed by atoms with Crippen molar-refractivity contribution in [1.29, 1.82) is 0 Å². The maximum Gasteiger partial charge on any atom is 0.306 e. The average molecular weight is 1050 g/mol. The van der Waals surface area contributed by atoms with Crippen LogP contribution in [-0.2, 0) is 28.6 Å². The monoisotopic (exact) mass is 1040 g/mol. The molecule has 0 heterocycles. The van der Waals surface area contributed by atoms with Gasteiger partial charge in [0.25, 0.3) is 0 Å². The molecule has 0 aromatic rings. The van der Waals surface area contributed by atoms with Crippen LogP contribution in [0.1, 0.15) is 316 Å². The molecule has 0 aromatic heterocycles. The molecule has 0 amide bonds. The second kappa shape index (κ2) is 63.1. The first kappa shape index (κ1) is 71.6. The molecule has 6 heteroatoms. The molecule has 1 unspecified atom stereocenters. The third-order valence-electron chi connectivity index (χ3n) is 13.9. The first-order chi connectivity index (χ1) is 37.0. The van der Waals surface area contributed by atoms with E-state index in [1.54, 1.807) is 0 Å². The first-order valence-electron chi connectivity index (χ1n) is 32.1. The highest BCUT2D eigenvalue weighted by molar-refractivity contribution is 5.71. The summed E-state index contributed by atoms with van der Waals surface area (Å²) in [6, 6.07) is 0. The second-order valence-electron chi connectivity index (χ2n) is 21.3. The summed E-state index contributed by atoms with van der Waals surface area (Å²) in [7, 11) is 0. The minimum Gasteiger partial charge on any atom is -0.462 e. The van der Waals surface area contributed by atoms with Crippen molar-refractivity contribution < 1.29 is 28.6 Å². The van der Waals surface area contributed by atoms with Crippen molar-refractivity contribution >= 4 is 17.9 Å². The zero-order valence-corrected chi connectivity index (χ0v) is 49.6. The van der Waals surface area contributed by atoms with Crippen molar-refractivity contribution in [2.75, 3.05) is 13.2 Å². The predicted molar refractivity (Wildman–Crippen MR) is 325 cm³/mol. The normalized spacial score (nSPS) is 12.6. The largest absolute Gasteiger partial charge is 0.462 e.